The van der Waals surface area contributed by atoms with Crippen LogP contribution in [0.3, 0.4) is 0 Å². The van der Waals surface area contributed by atoms with Crippen molar-refractivity contribution in [1.82, 2.24) is 15.3 Å². The summed E-state index contributed by atoms with van der Waals surface area (Å²) in [4.78, 5) is 8.34. The predicted octanol–water partition coefficient (Wildman–Crippen LogP) is 0.961. The third kappa shape index (κ3) is 2.24. The molecule has 1 N–H and O–H groups in total. The highest BCUT2D eigenvalue weighted by atomic mass is 16.5. The van der Waals surface area contributed by atoms with E-state index in [9.17, 15) is 0 Å². The van der Waals surface area contributed by atoms with Crippen molar-refractivity contribution in [1.29, 1.82) is 0 Å². The molecule has 0 spiro atoms. The van der Waals surface area contributed by atoms with Gasteiger partial charge in [-0.25, -0.2) is 4.98 Å². The molecule has 1 aliphatic heterocycles. The molecule has 0 amide bonds. The quantitative estimate of drug-likeness (QED) is 0.827. The van der Waals surface area contributed by atoms with E-state index in [2.05, 4.69) is 15.3 Å². The molecule has 1 saturated heterocycles. The number of nitrogens with one attached hydrogen (secondary N) is 1. The summed E-state index contributed by atoms with van der Waals surface area (Å²) in [5, 5.41) is 3.37. The van der Waals surface area contributed by atoms with Crippen LogP contribution >= 0.6 is 0 Å². The van der Waals surface area contributed by atoms with Gasteiger partial charge < -0.3 is 14.8 Å². The first-order chi connectivity index (χ1) is 7.85. The van der Waals surface area contributed by atoms with Gasteiger partial charge >= 0.3 is 6.01 Å². The summed E-state index contributed by atoms with van der Waals surface area (Å²) in [7, 11) is 3.18. The van der Waals surface area contributed by atoms with Crippen LogP contribution in [0.25, 0.3) is 0 Å². The van der Waals surface area contributed by atoms with Crippen LogP contribution in [-0.2, 0) is 0 Å². The highest BCUT2D eigenvalue weighted by Gasteiger charge is 2.20. The van der Waals surface area contributed by atoms with E-state index in [-0.39, 0.29) is 0 Å². The summed E-state index contributed by atoms with van der Waals surface area (Å²) in [5.74, 6) is 1.06. The Kier molecular flexibility index (Phi) is 3.56. The van der Waals surface area contributed by atoms with Crippen LogP contribution < -0.4 is 14.8 Å². The monoisotopic (exact) mass is 223 g/mol. The lowest BCUT2D eigenvalue weighted by Gasteiger charge is -2.23. The van der Waals surface area contributed by atoms with Crippen LogP contribution in [0.4, 0.5) is 0 Å². The fourth-order valence-corrected chi connectivity index (χ4v) is 2.02. The number of nitrogens with zero attached hydrogens (tertiary/aromatic N) is 2. The molecular formula is C11H17N3O2. The van der Waals surface area contributed by atoms with E-state index in [1.54, 1.807) is 14.2 Å². The summed E-state index contributed by atoms with van der Waals surface area (Å²) < 4.78 is 10.3. The van der Waals surface area contributed by atoms with Gasteiger partial charge in [0.1, 0.15) is 0 Å². The summed E-state index contributed by atoms with van der Waals surface area (Å²) in [6.45, 7) is 2.06. The second-order valence-corrected chi connectivity index (χ2v) is 3.86. The summed E-state index contributed by atoms with van der Waals surface area (Å²) in [6.07, 6.45) is 4.14. The number of hydrogen-bond acceptors (Lipinski definition) is 5. The fourth-order valence-electron chi connectivity index (χ4n) is 2.02. The van der Waals surface area contributed by atoms with E-state index in [1.807, 2.05) is 6.20 Å². The van der Waals surface area contributed by atoms with Crippen LogP contribution in [0.5, 0.6) is 11.9 Å². The van der Waals surface area contributed by atoms with Gasteiger partial charge in [0.05, 0.1) is 14.2 Å². The van der Waals surface area contributed by atoms with Crippen LogP contribution in [0, 0.1) is 0 Å². The number of ether oxygens (including phenoxy) is 2. The van der Waals surface area contributed by atoms with Crippen molar-refractivity contribution < 1.29 is 9.47 Å². The average Bonchev–Trinajstić information content (AvgIpc) is 2.39. The van der Waals surface area contributed by atoms with Crippen molar-refractivity contribution in [2.24, 2.45) is 0 Å². The molecular weight excluding hydrogens is 206 g/mol. The lowest BCUT2D eigenvalue weighted by Crippen LogP contribution is -2.28. The minimum absolute atomic E-state index is 0.351. The number of methoxy groups -OCH3 is 2. The molecule has 16 heavy (non-hydrogen) atoms. The first kappa shape index (κ1) is 11.1. The van der Waals surface area contributed by atoms with Crippen molar-refractivity contribution in [3.05, 3.63) is 11.8 Å². The molecule has 0 unspecified atom stereocenters. The molecule has 0 bridgehead atoms. The van der Waals surface area contributed by atoms with Crippen LogP contribution in [0.2, 0.25) is 0 Å². The summed E-state index contributed by atoms with van der Waals surface area (Å²) >= 11 is 0. The minimum Gasteiger partial charge on any atom is -0.481 e. The molecule has 0 radical (unpaired) electrons. The first-order valence-electron chi connectivity index (χ1n) is 5.50. The van der Waals surface area contributed by atoms with E-state index in [0.717, 1.165) is 25.1 Å². The maximum atomic E-state index is 5.28. The van der Waals surface area contributed by atoms with Gasteiger partial charge in [-0.1, -0.05) is 0 Å². The van der Waals surface area contributed by atoms with E-state index in [4.69, 9.17) is 9.47 Å². The van der Waals surface area contributed by atoms with Crippen molar-refractivity contribution >= 4 is 0 Å². The van der Waals surface area contributed by atoms with E-state index in [0.29, 0.717) is 17.8 Å². The average molecular weight is 223 g/mol. The van der Waals surface area contributed by atoms with Gasteiger partial charge in [-0.2, -0.15) is 4.98 Å². The Bertz CT molecular complexity index is 351. The number of hydrogen-bond donors (Lipinski definition) is 1. The Balaban J connectivity index is 2.24. The molecule has 0 aromatic carbocycles. The lowest BCUT2D eigenvalue weighted by atomic mass is 9.93. The second-order valence-electron chi connectivity index (χ2n) is 3.86. The number of piperidine rings is 1. The standard InChI is InChI=1S/C11H17N3O2/c1-15-10-9(7-13-11(14-10)16-2)8-4-3-5-12-6-8/h7-8,12H,3-6H2,1-2H3/t8-/m0/s1. The predicted molar refractivity (Wildman–Crippen MR) is 60.0 cm³/mol. The maximum absolute atomic E-state index is 5.28. The molecule has 88 valence electrons. The minimum atomic E-state index is 0.351. The summed E-state index contributed by atoms with van der Waals surface area (Å²) in [5.41, 5.74) is 1.07. The van der Waals surface area contributed by atoms with Crippen molar-refractivity contribution in [2.45, 2.75) is 18.8 Å². The van der Waals surface area contributed by atoms with Gasteiger partial charge in [-0.15, -0.1) is 0 Å². The molecule has 0 aliphatic carbocycles. The van der Waals surface area contributed by atoms with E-state index < -0.39 is 0 Å². The lowest BCUT2D eigenvalue weighted by molar-refractivity contribution is 0.341. The van der Waals surface area contributed by atoms with Crippen molar-refractivity contribution in [2.75, 3.05) is 27.3 Å². The zero-order valence-corrected chi connectivity index (χ0v) is 9.69. The Hall–Kier alpha value is -1.36. The topological polar surface area (TPSA) is 56.3 Å². The zero-order valence-electron chi connectivity index (χ0n) is 9.69. The molecule has 0 saturated carbocycles. The highest BCUT2D eigenvalue weighted by molar-refractivity contribution is 5.29. The van der Waals surface area contributed by atoms with Gasteiger partial charge in [-0.05, 0) is 19.4 Å². The van der Waals surface area contributed by atoms with Gasteiger partial charge in [0.25, 0.3) is 0 Å². The Labute approximate surface area is 95.2 Å². The second kappa shape index (κ2) is 5.12. The van der Waals surface area contributed by atoms with Crippen molar-refractivity contribution in [3.8, 4) is 11.9 Å². The molecule has 2 heterocycles. The third-order valence-corrected chi connectivity index (χ3v) is 2.87. The number of rotatable bonds is 3. The van der Waals surface area contributed by atoms with Crippen LogP contribution in [0.15, 0.2) is 6.20 Å². The largest absolute Gasteiger partial charge is 0.481 e. The Morgan fingerprint density at radius 2 is 2.25 bits per heavy atom. The van der Waals surface area contributed by atoms with Gasteiger partial charge in [0, 0.05) is 24.2 Å². The van der Waals surface area contributed by atoms with Gasteiger partial charge in [-0.3, -0.25) is 0 Å². The molecule has 5 nitrogen and oxygen atoms in total. The smallest absolute Gasteiger partial charge is 0.319 e. The molecule has 2 rings (SSSR count). The molecule has 1 fully saturated rings. The molecule has 1 aliphatic rings. The molecule has 1 aromatic heterocycles. The first-order valence-corrected chi connectivity index (χ1v) is 5.50. The molecule has 5 heteroatoms. The SMILES string of the molecule is COc1ncc([C@H]2CCCNC2)c(OC)n1. The van der Waals surface area contributed by atoms with Crippen LogP contribution in [-0.4, -0.2) is 37.3 Å². The maximum Gasteiger partial charge on any atom is 0.319 e. The zero-order chi connectivity index (χ0) is 11.4. The highest BCUT2D eigenvalue weighted by Crippen LogP contribution is 2.29. The Morgan fingerprint density at radius 3 is 2.88 bits per heavy atom. The molecule has 1 aromatic rings. The molecule has 1 atom stereocenters. The van der Waals surface area contributed by atoms with Gasteiger partial charge in [0.2, 0.25) is 5.88 Å². The van der Waals surface area contributed by atoms with E-state index >= 15 is 0 Å². The fraction of sp³-hybridized carbons (Fsp3) is 0.636. The summed E-state index contributed by atoms with van der Waals surface area (Å²) in [6, 6.07) is 0.351. The Morgan fingerprint density at radius 1 is 1.38 bits per heavy atom. The third-order valence-electron chi connectivity index (χ3n) is 2.87. The van der Waals surface area contributed by atoms with Crippen molar-refractivity contribution in [3.63, 3.8) is 0 Å². The van der Waals surface area contributed by atoms with E-state index in [1.165, 1.54) is 6.42 Å². The normalized spacial score (nSPS) is 20.5. The number of aromatic nitrogens is 2. The van der Waals surface area contributed by atoms with Crippen LogP contribution in [0.1, 0.15) is 24.3 Å². The van der Waals surface area contributed by atoms with Gasteiger partial charge in [0.15, 0.2) is 0 Å².